The largest absolute Gasteiger partial charge is 0.324 e. The van der Waals surface area contributed by atoms with Crippen LogP contribution in [0.3, 0.4) is 0 Å². The van der Waals surface area contributed by atoms with E-state index in [4.69, 9.17) is 11.6 Å². The maximum Gasteiger partial charge on any atom is 0.263 e. The van der Waals surface area contributed by atoms with E-state index < -0.39 is 6.04 Å². The van der Waals surface area contributed by atoms with Crippen LogP contribution in [0.4, 0.5) is 5.69 Å². The van der Waals surface area contributed by atoms with Crippen LogP contribution in [-0.4, -0.2) is 15.5 Å². The van der Waals surface area contributed by atoms with Gasteiger partial charge in [0, 0.05) is 15.6 Å². The predicted octanol–water partition coefficient (Wildman–Crippen LogP) is 5.29. The number of nitrogens with zero attached hydrogens (tertiary/aromatic N) is 2. The van der Waals surface area contributed by atoms with Crippen molar-refractivity contribution in [2.24, 2.45) is 0 Å². The number of rotatable bonds is 4. The molecule has 0 fully saturated rings. The summed E-state index contributed by atoms with van der Waals surface area (Å²) in [5, 5.41) is 3.92. The Bertz CT molecular complexity index is 1250. The number of anilines is 1. The van der Waals surface area contributed by atoms with Gasteiger partial charge in [0.05, 0.1) is 5.39 Å². The van der Waals surface area contributed by atoms with Crippen LogP contribution in [0.25, 0.3) is 20.7 Å². The van der Waals surface area contributed by atoms with Crippen LogP contribution in [0.5, 0.6) is 0 Å². The van der Waals surface area contributed by atoms with E-state index in [0.717, 1.165) is 10.4 Å². The summed E-state index contributed by atoms with van der Waals surface area (Å²) in [6, 6.07) is 17.8. The van der Waals surface area contributed by atoms with Gasteiger partial charge in [-0.25, -0.2) is 4.98 Å². The van der Waals surface area contributed by atoms with E-state index in [2.05, 4.69) is 10.3 Å². The van der Waals surface area contributed by atoms with Gasteiger partial charge in [-0.15, -0.1) is 11.3 Å². The van der Waals surface area contributed by atoms with Crippen molar-refractivity contribution < 1.29 is 4.79 Å². The van der Waals surface area contributed by atoms with E-state index in [9.17, 15) is 9.59 Å². The third kappa shape index (κ3) is 3.81. The summed E-state index contributed by atoms with van der Waals surface area (Å²) in [6.07, 6.45) is 0. The highest BCUT2D eigenvalue weighted by atomic mass is 35.5. The lowest BCUT2D eigenvalue weighted by Crippen LogP contribution is -2.33. The fourth-order valence-electron chi connectivity index (χ4n) is 3.19. The Hall–Kier alpha value is -2.96. The first-order valence-corrected chi connectivity index (χ1v) is 10.3. The summed E-state index contributed by atoms with van der Waals surface area (Å²) in [6.45, 7) is 3.44. The van der Waals surface area contributed by atoms with Gasteiger partial charge >= 0.3 is 0 Å². The van der Waals surface area contributed by atoms with Gasteiger partial charge in [0.2, 0.25) is 5.91 Å². The van der Waals surface area contributed by atoms with Crippen molar-refractivity contribution in [1.29, 1.82) is 0 Å². The van der Waals surface area contributed by atoms with Gasteiger partial charge in [-0.05, 0) is 49.7 Å². The molecule has 2 aromatic heterocycles. The lowest BCUT2D eigenvalue weighted by Gasteiger charge is -2.17. The summed E-state index contributed by atoms with van der Waals surface area (Å²) in [4.78, 5) is 32.1. The van der Waals surface area contributed by atoms with E-state index in [-0.39, 0.29) is 11.5 Å². The molecule has 29 heavy (non-hydrogen) atoms. The Morgan fingerprint density at radius 2 is 1.83 bits per heavy atom. The van der Waals surface area contributed by atoms with Crippen LogP contribution in [0, 0.1) is 6.92 Å². The topological polar surface area (TPSA) is 64.0 Å². The quantitative estimate of drug-likeness (QED) is 0.485. The number of carbonyl (C=O) groups is 1. The van der Waals surface area contributed by atoms with Gasteiger partial charge in [-0.2, -0.15) is 0 Å². The first-order valence-electron chi connectivity index (χ1n) is 9.08. The molecule has 0 saturated heterocycles. The van der Waals surface area contributed by atoms with Gasteiger partial charge in [-0.3, -0.25) is 14.2 Å². The zero-order valence-electron chi connectivity index (χ0n) is 15.8. The minimum absolute atomic E-state index is 0.218. The number of aryl methyl sites for hydroxylation is 1. The van der Waals surface area contributed by atoms with E-state index in [1.165, 1.54) is 15.9 Å². The van der Waals surface area contributed by atoms with Gasteiger partial charge in [-0.1, -0.05) is 41.9 Å². The molecule has 0 radical (unpaired) electrons. The number of benzene rings is 2. The van der Waals surface area contributed by atoms with Crippen molar-refractivity contribution in [3.8, 4) is 10.4 Å². The first-order chi connectivity index (χ1) is 13.9. The number of nitrogens with one attached hydrogen (secondary N) is 1. The van der Waals surface area contributed by atoms with Crippen molar-refractivity contribution in [3.05, 3.63) is 81.9 Å². The Morgan fingerprint density at radius 3 is 2.52 bits per heavy atom. The molecule has 1 unspecified atom stereocenters. The molecule has 0 bridgehead atoms. The smallest absolute Gasteiger partial charge is 0.263 e. The monoisotopic (exact) mass is 423 g/mol. The molecule has 4 aromatic rings. The number of hydrogen-bond donors (Lipinski definition) is 1. The number of hydrogen-bond acceptors (Lipinski definition) is 4. The minimum Gasteiger partial charge on any atom is -0.324 e. The van der Waals surface area contributed by atoms with Crippen molar-refractivity contribution in [3.63, 3.8) is 0 Å². The summed E-state index contributed by atoms with van der Waals surface area (Å²) in [5.41, 5.74) is 1.44. The van der Waals surface area contributed by atoms with E-state index in [0.29, 0.717) is 26.8 Å². The van der Waals surface area contributed by atoms with Crippen LogP contribution >= 0.6 is 22.9 Å². The highest BCUT2D eigenvalue weighted by Gasteiger charge is 2.21. The Balaban J connectivity index is 1.70. The number of carbonyl (C=O) groups excluding carboxylic acids is 1. The molecule has 0 saturated carbocycles. The number of fused-ring (bicyclic) bond motifs is 1. The second-order valence-corrected chi connectivity index (χ2v) is 8.17. The second kappa shape index (κ2) is 7.81. The Morgan fingerprint density at radius 1 is 1.14 bits per heavy atom. The molecule has 1 N–H and O–H groups in total. The van der Waals surface area contributed by atoms with Gasteiger partial charge in [0.1, 0.15) is 16.7 Å². The average molecular weight is 424 g/mol. The normalized spacial score (nSPS) is 12.1. The molecule has 146 valence electrons. The van der Waals surface area contributed by atoms with E-state index in [1.807, 2.05) is 36.4 Å². The standard InChI is InChI=1S/C22H18ClN3O2S/c1-13(20(27)25-17-10-8-16(23)9-11-17)26-14(2)24-21-18(22(26)28)12-19(29-21)15-6-4-3-5-7-15/h3-13H,1-2H3,(H,25,27). The van der Waals surface area contributed by atoms with Crippen molar-refractivity contribution in [1.82, 2.24) is 9.55 Å². The molecule has 2 aromatic carbocycles. The summed E-state index contributed by atoms with van der Waals surface area (Å²) < 4.78 is 1.44. The molecule has 0 aliphatic rings. The third-order valence-corrected chi connectivity index (χ3v) is 6.04. The van der Waals surface area contributed by atoms with Crippen molar-refractivity contribution in [2.45, 2.75) is 19.9 Å². The van der Waals surface area contributed by atoms with E-state index in [1.54, 1.807) is 38.1 Å². The van der Waals surface area contributed by atoms with Gasteiger partial charge < -0.3 is 5.32 Å². The highest BCUT2D eigenvalue weighted by molar-refractivity contribution is 7.21. The van der Waals surface area contributed by atoms with Crippen LogP contribution in [0.2, 0.25) is 5.02 Å². The van der Waals surface area contributed by atoms with Crippen molar-refractivity contribution in [2.75, 3.05) is 5.32 Å². The van der Waals surface area contributed by atoms with Crippen molar-refractivity contribution >= 4 is 44.7 Å². The summed E-state index contributed by atoms with van der Waals surface area (Å²) in [5.74, 6) is 0.208. The van der Waals surface area contributed by atoms with E-state index >= 15 is 0 Å². The Labute approximate surface area is 176 Å². The number of halogens is 1. The second-order valence-electron chi connectivity index (χ2n) is 6.70. The SMILES string of the molecule is Cc1nc2sc(-c3ccccc3)cc2c(=O)n1C(C)C(=O)Nc1ccc(Cl)cc1. The van der Waals surface area contributed by atoms with Gasteiger partial charge in [0.15, 0.2) is 0 Å². The summed E-state index contributed by atoms with van der Waals surface area (Å²) >= 11 is 7.36. The Kier molecular flexibility index (Phi) is 5.22. The molecule has 1 amide bonds. The lowest BCUT2D eigenvalue weighted by atomic mass is 10.2. The fraction of sp³-hybridized carbons (Fsp3) is 0.136. The highest BCUT2D eigenvalue weighted by Crippen LogP contribution is 2.31. The van der Waals surface area contributed by atoms with Crippen LogP contribution in [0.1, 0.15) is 18.8 Å². The lowest BCUT2D eigenvalue weighted by molar-refractivity contribution is -0.118. The summed E-state index contributed by atoms with van der Waals surface area (Å²) in [7, 11) is 0. The maximum atomic E-state index is 13.2. The first kappa shape index (κ1) is 19.4. The average Bonchev–Trinajstić information content (AvgIpc) is 3.14. The molecule has 0 spiro atoms. The number of thiophene rings is 1. The zero-order chi connectivity index (χ0) is 20.5. The molecular weight excluding hydrogens is 406 g/mol. The maximum absolute atomic E-state index is 13.2. The third-order valence-electron chi connectivity index (χ3n) is 4.71. The molecule has 5 nitrogen and oxygen atoms in total. The molecule has 2 heterocycles. The number of aromatic nitrogens is 2. The minimum atomic E-state index is -0.713. The van der Waals surface area contributed by atoms with Crippen LogP contribution < -0.4 is 10.9 Å². The predicted molar refractivity (Wildman–Crippen MR) is 119 cm³/mol. The molecule has 4 rings (SSSR count). The molecule has 0 aliphatic carbocycles. The van der Waals surface area contributed by atoms with Gasteiger partial charge in [0.25, 0.3) is 5.56 Å². The molecular formula is C22H18ClN3O2S. The fourth-order valence-corrected chi connectivity index (χ4v) is 4.39. The molecule has 1 atom stereocenters. The molecule has 7 heteroatoms. The zero-order valence-corrected chi connectivity index (χ0v) is 17.4. The van der Waals surface area contributed by atoms with Crippen LogP contribution in [0.15, 0.2) is 65.5 Å². The molecule has 0 aliphatic heterocycles. The van der Waals surface area contributed by atoms with Crippen LogP contribution in [-0.2, 0) is 4.79 Å². The number of amides is 1.